The van der Waals surface area contributed by atoms with Gasteiger partial charge >= 0.3 is 11.7 Å². The van der Waals surface area contributed by atoms with Gasteiger partial charge in [0.05, 0.1) is 12.0 Å². The highest BCUT2D eigenvalue weighted by Crippen LogP contribution is 2.37. The summed E-state index contributed by atoms with van der Waals surface area (Å²) in [4.78, 5) is 19.7. The molecule has 0 bridgehead atoms. The number of halogens is 2. The Morgan fingerprint density at radius 1 is 1.71 bits per heavy atom. The predicted molar refractivity (Wildman–Crippen MR) is 47.3 cm³/mol. The van der Waals surface area contributed by atoms with E-state index in [-0.39, 0.29) is 4.34 Å². The van der Waals surface area contributed by atoms with Crippen LogP contribution < -0.4 is 0 Å². The van der Waals surface area contributed by atoms with Crippen molar-refractivity contribution in [1.29, 1.82) is 0 Å². The number of methoxy groups -OCH3 is 1. The van der Waals surface area contributed by atoms with E-state index in [9.17, 15) is 19.3 Å². The van der Waals surface area contributed by atoms with E-state index >= 15 is 0 Å². The molecule has 0 aromatic carbocycles. The standard InChI is InChI=1S/C6H3ClFNO4S/c1-13-6(10)4-2(8)3(9(11)12)5(7)14-4/h1H3. The van der Waals surface area contributed by atoms with Gasteiger partial charge in [-0.3, -0.25) is 10.1 Å². The smallest absolute Gasteiger partial charge is 0.351 e. The molecule has 0 unspecified atom stereocenters. The molecule has 8 heteroatoms. The van der Waals surface area contributed by atoms with Crippen molar-refractivity contribution in [2.24, 2.45) is 0 Å². The lowest BCUT2D eigenvalue weighted by atomic mass is 10.4. The Labute approximate surface area is 86.2 Å². The highest BCUT2D eigenvalue weighted by atomic mass is 35.5. The SMILES string of the molecule is COC(=O)c1sc(Cl)c([N+](=O)[O-])c1F. The summed E-state index contributed by atoms with van der Waals surface area (Å²) in [7, 11) is 1.04. The molecule has 1 aromatic heterocycles. The minimum atomic E-state index is -1.25. The van der Waals surface area contributed by atoms with Crippen molar-refractivity contribution in [3.63, 3.8) is 0 Å². The molecule has 0 saturated carbocycles. The molecule has 76 valence electrons. The van der Waals surface area contributed by atoms with Gasteiger partial charge in [0, 0.05) is 0 Å². The van der Waals surface area contributed by atoms with Crippen molar-refractivity contribution in [2.45, 2.75) is 0 Å². The van der Waals surface area contributed by atoms with Crippen molar-refractivity contribution in [2.75, 3.05) is 7.11 Å². The largest absolute Gasteiger partial charge is 0.465 e. The summed E-state index contributed by atoms with van der Waals surface area (Å²) in [5.74, 6) is -2.24. The molecule has 0 fully saturated rings. The van der Waals surface area contributed by atoms with Crippen LogP contribution in [0.4, 0.5) is 10.1 Å². The number of carbonyl (C=O) groups is 1. The van der Waals surface area contributed by atoms with Crippen LogP contribution in [0, 0.1) is 15.9 Å². The van der Waals surface area contributed by atoms with Crippen LogP contribution in [0.1, 0.15) is 9.67 Å². The first-order valence-electron chi connectivity index (χ1n) is 3.19. The van der Waals surface area contributed by atoms with E-state index in [0.29, 0.717) is 11.3 Å². The topological polar surface area (TPSA) is 69.4 Å². The monoisotopic (exact) mass is 239 g/mol. The third-order valence-electron chi connectivity index (χ3n) is 1.34. The molecule has 0 aliphatic heterocycles. The van der Waals surface area contributed by atoms with E-state index in [4.69, 9.17) is 11.6 Å². The Bertz CT molecular complexity index is 405. The van der Waals surface area contributed by atoms with Crippen LogP contribution in [0.5, 0.6) is 0 Å². The summed E-state index contributed by atoms with van der Waals surface area (Å²) >= 11 is 5.85. The van der Waals surface area contributed by atoms with E-state index in [1.165, 1.54) is 0 Å². The lowest BCUT2D eigenvalue weighted by molar-refractivity contribution is -0.387. The first kappa shape index (κ1) is 10.9. The minimum absolute atomic E-state index is 0.382. The maximum Gasteiger partial charge on any atom is 0.351 e. The molecule has 0 atom stereocenters. The second kappa shape index (κ2) is 3.89. The zero-order valence-corrected chi connectivity index (χ0v) is 8.32. The van der Waals surface area contributed by atoms with Crippen LogP contribution in [0.25, 0.3) is 0 Å². The third kappa shape index (κ3) is 1.68. The van der Waals surface area contributed by atoms with Crippen LogP contribution >= 0.6 is 22.9 Å². The minimum Gasteiger partial charge on any atom is -0.465 e. The summed E-state index contributed by atoms with van der Waals surface area (Å²) in [5, 5.41) is 10.3. The molecule has 0 saturated heterocycles. The van der Waals surface area contributed by atoms with Gasteiger partial charge in [0.2, 0.25) is 5.82 Å². The summed E-state index contributed by atoms with van der Waals surface area (Å²) in [6, 6.07) is 0. The molecule has 0 aliphatic carbocycles. The number of rotatable bonds is 2. The molecule has 1 aromatic rings. The summed E-state index contributed by atoms with van der Waals surface area (Å²) in [6.45, 7) is 0. The van der Waals surface area contributed by atoms with Gasteiger partial charge in [-0.05, 0) is 0 Å². The number of ether oxygens (including phenoxy) is 1. The number of hydrogen-bond acceptors (Lipinski definition) is 5. The number of thiophene rings is 1. The first-order valence-corrected chi connectivity index (χ1v) is 4.39. The molecular formula is C6H3ClFNO4S. The average Bonchev–Trinajstić information content (AvgIpc) is 2.40. The maximum absolute atomic E-state index is 13.2. The molecule has 0 radical (unpaired) electrons. The number of carbonyl (C=O) groups excluding carboxylic acids is 1. The van der Waals surface area contributed by atoms with Gasteiger partial charge < -0.3 is 4.74 Å². The molecule has 0 amide bonds. The molecule has 0 spiro atoms. The van der Waals surface area contributed by atoms with Crippen molar-refractivity contribution in [1.82, 2.24) is 0 Å². The van der Waals surface area contributed by atoms with Crippen LogP contribution in [0.2, 0.25) is 4.34 Å². The van der Waals surface area contributed by atoms with E-state index in [0.717, 1.165) is 7.11 Å². The second-order valence-corrected chi connectivity index (χ2v) is 3.74. The molecule has 1 rings (SSSR count). The van der Waals surface area contributed by atoms with Crippen LogP contribution in [0.15, 0.2) is 0 Å². The molecule has 5 nitrogen and oxygen atoms in total. The predicted octanol–water partition coefficient (Wildman–Crippen LogP) is 2.24. The fourth-order valence-corrected chi connectivity index (χ4v) is 1.93. The number of nitrogens with zero attached hydrogens (tertiary/aromatic N) is 1. The number of hydrogen-bond donors (Lipinski definition) is 0. The highest BCUT2D eigenvalue weighted by molar-refractivity contribution is 7.18. The Hall–Kier alpha value is -1.21. The van der Waals surface area contributed by atoms with E-state index < -0.39 is 27.3 Å². The highest BCUT2D eigenvalue weighted by Gasteiger charge is 2.30. The summed E-state index contributed by atoms with van der Waals surface area (Å²) in [5.41, 5.74) is -0.892. The van der Waals surface area contributed by atoms with Crippen LogP contribution in [-0.2, 0) is 4.74 Å². The Morgan fingerprint density at radius 2 is 2.29 bits per heavy atom. The van der Waals surface area contributed by atoms with Gasteiger partial charge in [-0.25, -0.2) is 4.79 Å². The fourth-order valence-electron chi connectivity index (χ4n) is 0.752. The van der Waals surface area contributed by atoms with Crippen molar-refractivity contribution in [3.05, 3.63) is 25.1 Å². The zero-order valence-electron chi connectivity index (χ0n) is 6.74. The molecule has 1 heterocycles. The third-order valence-corrected chi connectivity index (χ3v) is 2.67. The molecule has 14 heavy (non-hydrogen) atoms. The van der Waals surface area contributed by atoms with Crippen LogP contribution in [-0.4, -0.2) is 18.0 Å². The fraction of sp³-hybridized carbons (Fsp3) is 0.167. The van der Waals surface area contributed by atoms with Crippen molar-refractivity contribution in [3.8, 4) is 0 Å². The maximum atomic E-state index is 13.2. The Kier molecular flexibility index (Phi) is 3.02. The van der Waals surface area contributed by atoms with Gasteiger partial charge in [-0.1, -0.05) is 11.6 Å². The summed E-state index contributed by atoms with van der Waals surface area (Å²) < 4.78 is 17.0. The average molecular weight is 240 g/mol. The Balaban J connectivity index is 3.30. The van der Waals surface area contributed by atoms with E-state index in [1.807, 2.05) is 0 Å². The normalized spacial score (nSPS) is 9.93. The van der Waals surface area contributed by atoms with Crippen LogP contribution in [0.3, 0.4) is 0 Å². The second-order valence-electron chi connectivity index (χ2n) is 2.12. The van der Waals surface area contributed by atoms with Gasteiger partial charge in [0.15, 0.2) is 9.21 Å². The van der Waals surface area contributed by atoms with E-state index in [2.05, 4.69) is 4.74 Å². The van der Waals surface area contributed by atoms with Gasteiger partial charge in [-0.15, -0.1) is 11.3 Å². The van der Waals surface area contributed by atoms with E-state index in [1.54, 1.807) is 0 Å². The lowest BCUT2D eigenvalue weighted by Gasteiger charge is -1.92. The Morgan fingerprint density at radius 3 is 2.64 bits per heavy atom. The van der Waals surface area contributed by atoms with Gasteiger partial charge in [0.25, 0.3) is 0 Å². The summed E-state index contributed by atoms with van der Waals surface area (Å²) in [6.07, 6.45) is 0. The van der Waals surface area contributed by atoms with Crippen molar-refractivity contribution < 1.29 is 18.8 Å². The van der Waals surface area contributed by atoms with Gasteiger partial charge in [-0.2, -0.15) is 4.39 Å². The molecular weight excluding hydrogens is 237 g/mol. The quantitative estimate of drug-likeness (QED) is 0.451. The number of esters is 1. The number of nitro groups is 1. The lowest BCUT2D eigenvalue weighted by Crippen LogP contribution is -2.01. The first-order chi connectivity index (χ1) is 6.49. The molecule has 0 aliphatic rings. The molecule has 0 N–H and O–H groups in total. The zero-order chi connectivity index (χ0) is 10.9. The van der Waals surface area contributed by atoms with Crippen molar-refractivity contribution >= 4 is 34.6 Å². The van der Waals surface area contributed by atoms with Gasteiger partial charge in [0.1, 0.15) is 0 Å².